The molecule has 0 aromatic heterocycles. The number of hydrogen-bond acceptors (Lipinski definition) is 3. The lowest BCUT2D eigenvalue weighted by atomic mass is 9.91. The minimum absolute atomic E-state index is 0.274. The maximum absolute atomic E-state index is 11.7. The fourth-order valence-electron chi connectivity index (χ4n) is 3.04. The van der Waals surface area contributed by atoms with Gasteiger partial charge in [0.05, 0.1) is 6.42 Å². The number of aliphatic carboxylic acids is 2. The van der Waals surface area contributed by atoms with Crippen LogP contribution < -0.4 is 0 Å². The van der Waals surface area contributed by atoms with Crippen molar-refractivity contribution in [1.29, 1.82) is 0 Å². The van der Waals surface area contributed by atoms with Gasteiger partial charge in [-0.05, 0) is 19.3 Å². The highest BCUT2D eigenvalue weighted by molar-refractivity contribution is 5.83. The van der Waals surface area contributed by atoms with Crippen molar-refractivity contribution in [2.75, 3.05) is 6.61 Å². The molecule has 5 heteroatoms. The predicted octanol–water partition coefficient (Wildman–Crippen LogP) is 5.41. The molecular formula is C20H38O5. The molecule has 0 amide bonds. The van der Waals surface area contributed by atoms with E-state index in [-0.39, 0.29) is 6.42 Å². The van der Waals surface area contributed by atoms with E-state index in [4.69, 9.17) is 9.84 Å². The van der Waals surface area contributed by atoms with Crippen LogP contribution in [0.4, 0.5) is 0 Å². The summed E-state index contributed by atoms with van der Waals surface area (Å²) in [7, 11) is 0. The Kier molecular flexibility index (Phi) is 14.5. The number of unbranched alkanes of at least 4 members (excludes halogenated alkanes) is 10. The van der Waals surface area contributed by atoms with Gasteiger partial charge in [0.25, 0.3) is 0 Å². The van der Waals surface area contributed by atoms with Crippen LogP contribution in [0.1, 0.15) is 104 Å². The Bertz CT molecular complexity index is 356. The summed E-state index contributed by atoms with van der Waals surface area (Å²) >= 11 is 0. The van der Waals surface area contributed by atoms with Gasteiger partial charge in [-0.1, -0.05) is 78.1 Å². The fourth-order valence-corrected chi connectivity index (χ4v) is 3.04. The summed E-state index contributed by atoms with van der Waals surface area (Å²) in [5, 5.41) is 18.7. The summed E-state index contributed by atoms with van der Waals surface area (Å²) in [6, 6.07) is 0. The van der Waals surface area contributed by atoms with Crippen molar-refractivity contribution < 1.29 is 24.5 Å². The van der Waals surface area contributed by atoms with E-state index in [9.17, 15) is 14.7 Å². The first-order valence-corrected chi connectivity index (χ1v) is 10.1. The molecular weight excluding hydrogens is 320 g/mol. The molecule has 0 aromatic rings. The van der Waals surface area contributed by atoms with Crippen LogP contribution in [0.5, 0.6) is 0 Å². The summed E-state index contributed by atoms with van der Waals surface area (Å²) in [6.45, 7) is 4.64. The van der Waals surface area contributed by atoms with E-state index in [2.05, 4.69) is 13.8 Å². The van der Waals surface area contributed by atoms with Crippen LogP contribution in [-0.4, -0.2) is 34.4 Å². The van der Waals surface area contributed by atoms with Gasteiger partial charge in [-0.25, -0.2) is 4.79 Å². The van der Waals surface area contributed by atoms with Crippen LogP contribution in [0.15, 0.2) is 0 Å². The normalized spacial score (nSPS) is 13.5. The largest absolute Gasteiger partial charge is 0.481 e. The molecule has 0 saturated heterocycles. The lowest BCUT2D eigenvalue weighted by Crippen LogP contribution is -2.44. The number of carboxylic acid groups (broad SMARTS) is 2. The van der Waals surface area contributed by atoms with E-state index in [1.165, 1.54) is 32.1 Å². The number of carbonyl (C=O) groups is 2. The predicted molar refractivity (Wildman–Crippen MR) is 99.9 cm³/mol. The molecule has 0 aliphatic rings. The molecule has 0 saturated carbocycles. The van der Waals surface area contributed by atoms with Gasteiger partial charge in [0.2, 0.25) is 0 Å². The van der Waals surface area contributed by atoms with Crippen molar-refractivity contribution in [3.8, 4) is 0 Å². The van der Waals surface area contributed by atoms with E-state index in [1.807, 2.05) is 0 Å². The first-order chi connectivity index (χ1) is 12.0. The lowest BCUT2D eigenvalue weighted by molar-refractivity contribution is -0.174. The second kappa shape index (κ2) is 15.2. The van der Waals surface area contributed by atoms with E-state index >= 15 is 0 Å². The molecule has 0 bridgehead atoms. The van der Waals surface area contributed by atoms with E-state index in [1.54, 1.807) is 0 Å². The molecule has 1 atom stereocenters. The van der Waals surface area contributed by atoms with Gasteiger partial charge in [0, 0.05) is 6.61 Å². The van der Waals surface area contributed by atoms with Crippen molar-refractivity contribution in [1.82, 2.24) is 0 Å². The van der Waals surface area contributed by atoms with E-state index in [0.29, 0.717) is 13.0 Å². The molecule has 148 valence electrons. The number of hydrogen-bond donors (Lipinski definition) is 2. The van der Waals surface area contributed by atoms with Crippen LogP contribution in [0.3, 0.4) is 0 Å². The zero-order chi connectivity index (χ0) is 19.0. The zero-order valence-electron chi connectivity index (χ0n) is 16.2. The molecule has 0 heterocycles. The number of rotatable bonds is 18. The van der Waals surface area contributed by atoms with Gasteiger partial charge >= 0.3 is 11.9 Å². The highest BCUT2D eigenvalue weighted by Gasteiger charge is 2.41. The van der Waals surface area contributed by atoms with Crippen LogP contribution in [0.2, 0.25) is 0 Å². The van der Waals surface area contributed by atoms with Crippen molar-refractivity contribution in [3.63, 3.8) is 0 Å². The Morgan fingerprint density at radius 2 is 1.24 bits per heavy atom. The Morgan fingerprint density at radius 3 is 1.72 bits per heavy atom. The Balaban J connectivity index is 4.36. The molecule has 0 fully saturated rings. The third kappa shape index (κ3) is 12.0. The topological polar surface area (TPSA) is 83.8 Å². The summed E-state index contributed by atoms with van der Waals surface area (Å²) in [4.78, 5) is 22.9. The summed E-state index contributed by atoms with van der Waals surface area (Å²) in [6.07, 6.45) is 12.5. The molecule has 5 nitrogen and oxygen atoms in total. The van der Waals surface area contributed by atoms with Gasteiger partial charge in [-0.2, -0.15) is 0 Å². The minimum atomic E-state index is -1.57. The van der Waals surface area contributed by atoms with Crippen molar-refractivity contribution in [3.05, 3.63) is 0 Å². The first-order valence-electron chi connectivity index (χ1n) is 10.1. The van der Waals surface area contributed by atoms with Crippen molar-refractivity contribution in [2.24, 2.45) is 0 Å². The van der Waals surface area contributed by atoms with Gasteiger partial charge in [-0.3, -0.25) is 4.79 Å². The molecule has 0 rings (SSSR count). The molecule has 25 heavy (non-hydrogen) atoms. The highest BCUT2D eigenvalue weighted by atomic mass is 16.5. The molecule has 0 radical (unpaired) electrons. The fraction of sp³-hybridized carbons (Fsp3) is 0.900. The Hall–Kier alpha value is -1.10. The van der Waals surface area contributed by atoms with Crippen LogP contribution >= 0.6 is 0 Å². The van der Waals surface area contributed by atoms with Gasteiger partial charge in [0.1, 0.15) is 0 Å². The van der Waals surface area contributed by atoms with Gasteiger partial charge in [0.15, 0.2) is 5.60 Å². The molecule has 0 unspecified atom stereocenters. The minimum Gasteiger partial charge on any atom is -0.481 e. The highest BCUT2D eigenvalue weighted by Crippen LogP contribution is 2.26. The maximum atomic E-state index is 11.7. The van der Waals surface area contributed by atoms with Crippen LogP contribution in [-0.2, 0) is 14.3 Å². The average molecular weight is 359 g/mol. The number of ether oxygens (including phenoxy) is 1. The summed E-state index contributed by atoms with van der Waals surface area (Å²) < 4.78 is 5.66. The Morgan fingerprint density at radius 1 is 0.760 bits per heavy atom. The maximum Gasteiger partial charge on any atom is 0.336 e. The monoisotopic (exact) mass is 358 g/mol. The molecule has 2 N–H and O–H groups in total. The third-order valence-electron chi connectivity index (χ3n) is 4.64. The average Bonchev–Trinajstić information content (AvgIpc) is 2.56. The summed E-state index contributed by atoms with van der Waals surface area (Å²) in [5.41, 5.74) is -1.57. The zero-order valence-corrected chi connectivity index (χ0v) is 16.2. The van der Waals surface area contributed by atoms with Crippen LogP contribution in [0, 0.1) is 0 Å². The summed E-state index contributed by atoms with van der Waals surface area (Å²) in [5.74, 6) is -2.26. The third-order valence-corrected chi connectivity index (χ3v) is 4.64. The Labute approximate surface area is 153 Å². The van der Waals surface area contributed by atoms with E-state index in [0.717, 1.165) is 38.5 Å². The van der Waals surface area contributed by atoms with Crippen molar-refractivity contribution in [2.45, 2.75) is 109 Å². The SMILES string of the molecule is CCCCCCCCO[C@@](CCCCCCCC)(CC(=O)O)C(=O)O. The standard InChI is InChI=1S/C20H38O5/c1-3-5-7-9-11-13-15-20(19(23)24,17-18(21)22)25-16-14-12-10-8-6-4-2/h3-17H2,1-2H3,(H,21,22)(H,23,24)/t20-/m0/s1. The van der Waals surface area contributed by atoms with Crippen LogP contribution in [0.25, 0.3) is 0 Å². The lowest BCUT2D eigenvalue weighted by Gasteiger charge is -2.28. The van der Waals surface area contributed by atoms with Crippen molar-refractivity contribution >= 4 is 11.9 Å². The molecule has 0 aliphatic heterocycles. The van der Waals surface area contributed by atoms with Gasteiger partial charge < -0.3 is 14.9 Å². The number of carboxylic acids is 2. The molecule has 0 aromatic carbocycles. The second-order valence-corrected chi connectivity index (χ2v) is 7.00. The van der Waals surface area contributed by atoms with E-state index < -0.39 is 24.0 Å². The molecule has 0 aliphatic carbocycles. The second-order valence-electron chi connectivity index (χ2n) is 7.00. The quantitative estimate of drug-likeness (QED) is 0.320. The molecule has 0 spiro atoms. The smallest absolute Gasteiger partial charge is 0.336 e. The first kappa shape index (κ1) is 23.9. The van der Waals surface area contributed by atoms with Gasteiger partial charge in [-0.15, -0.1) is 0 Å².